The highest BCUT2D eigenvalue weighted by Crippen LogP contribution is 2.46. The molecule has 20 heteroatoms. The second-order valence-corrected chi connectivity index (χ2v) is 17.1. The molecule has 0 bridgehead atoms. The molecule has 19 nitrogen and oxygen atoms in total. The molecule has 2 aliphatic heterocycles. The van der Waals surface area contributed by atoms with Gasteiger partial charge in [0.05, 0.1) is 54.7 Å². The first kappa shape index (κ1) is 48.9. The van der Waals surface area contributed by atoms with Crippen LogP contribution in [0.25, 0.3) is 22.3 Å². The van der Waals surface area contributed by atoms with Gasteiger partial charge in [-0.15, -0.1) is 0 Å². The fourth-order valence-corrected chi connectivity index (χ4v) is 8.81. The van der Waals surface area contributed by atoms with Crippen molar-refractivity contribution in [2.75, 3.05) is 26.4 Å². The number of pyridine rings is 2. The van der Waals surface area contributed by atoms with Crippen LogP contribution in [-0.2, 0) is 74.6 Å². The van der Waals surface area contributed by atoms with Gasteiger partial charge in [0.25, 0.3) is 5.56 Å². The smallest absolute Gasteiger partial charge is 0.343 e. The number of cyclic esters (lactones) is 1. The fraction of sp³-hybridized carbons (Fsp3) is 0.438. The first-order chi connectivity index (χ1) is 32.5. The Morgan fingerprint density at radius 2 is 1.63 bits per heavy atom. The summed E-state index contributed by atoms with van der Waals surface area (Å²) < 4.78 is 27.8. The van der Waals surface area contributed by atoms with E-state index in [4.69, 9.17) is 14.5 Å². The van der Waals surface area contributed by atoms with Crippen molar-refractivity contribution in [1.29, 1.82) is 0 Å². The van der Waals surface area contributed by atoms with Gasteiger partial charge >= 0.3 is 5.97 Å². The summed E-state index contributed by atoms with van der Waals surface area (Å²) in [5.74, 6) is -4.72. The van der Waals surface area contributed by atoms with E-state index >= 15 is 4.39 Å². The summed E-state index contributed by atoms with van der Waals surface area (Å²) in [4.78, 5) is 108. The lowest BCUT2D eigenvalue weighted by Crippen LogP contribution is -2.52. The number of esters is 1. The second-order valence-electron chi connectivity index (χ2n) is 17.1. The normalized spacial score (nSPS) is 17.4. The fourth-order valence-electron chi connectivity index (χ4n) is 8.81. The van der Waals surface area contributed by atoms with Gasteiger partial charge in [-0.05, 0) is 67.9 Å². The van der Waals surface area contributed by atoms with E-state index in [2.05, 4.69) is 31.9 Å². The van der Waals surface area contributed by atoms with Crippen LogP contribution in [0.5, 0.6) is 0 Å². The number of amides is 6. The number of halogens is 1. The molecule has 0 spiro atoms. The van der Waals surface area contributed by atoms with Crippen molar-refractivity contribution in [1.82, 2.24) is 41.5 Å². The number of rotatable bonds is 19. The summed E-state index contributed by atoms with van der Waals surface area (Å²) >= 11 is 0. The number of carbonyl (C=O) groups excluding carboxylic acids is 7. The number of benzene rings is 2. The van der Waals surface area contributed by atoms with Gasteiger partial charge in [-0.25, -0.2) is 14.2 Å². The van der Waals surface area contributed by atoms with Gasteiger partial charge in [-0.3, -0.25) is 33.6 Å². The molecule has 4 heterocycles. The Hall–Kier alpha value is -7.06. The number of unbranched alkanes of at least 4 members (excludes halogenated alkanes) is 1. The number of nitrogens with one attached hydrogen (secondary N) is 6. The van der Waals surface area contributed by atoms with Crippen molar-refractivity contribution < 1.29 is 52.5 Å². The summed E-state index contributed by atoms with van der Waals surface area (Å²) in [7, 11) is 0. The SMILES string of the molecule is CCCCC(=O)NCC(=O)NCC(=O)N[C@@H](Cc1ccccc1)C(=O)NCC(=O)NCO[C@@H](C)C(=O)N[C@H]1CCc2c(C)c(F)cc3nc4c(c1c23)Cn1c-4cc2c(c1=O)COC(=O)[C@]2(O)CC. The second kappa shape index (κ2) is 20.8. The lowest BCUT2D eigenvalue weighted by molar-refractivity contribution is -0.172. The maximum atomic E-state index is 15.4. The molecule has 2 aromatic heterocycles. The maximum absolute atomic E-state index is 15.4. The highest BCUT2D eigenvalue weighted by molar-refractivity contribution is 5.95. The molecule has 3 aliphatic rings. The van der Waals surface area contributed by atoms with Gasteiger partial charge in [-0.1, -0.05) is 50.6 Å². The maximum Gasteiger partial charge on any atom is 0.343 e. The third-order valence-corrected chi connectivity index (χ3v) is 12.7. The third-order valence-electron chi connectivity index (χ3n) is 12.7. The molecule has 0 fully saturated rings. The van der Waals surface area contributed by atoms with Crippen LogP contribution in [0, 0.1) is 12.7 Å². The van der Waals surface area contributed by atoms with Crippen LogP contribution in [0.4, 0.5) is 4.39 Å². The first-order valence-electron chi connectivity index (χ1n) is 22.7. The predicted molar refractivity (Wildman–Crippen MR) is 243 cm³/mol. The van der Waals surface area contributed by atoms with Gasteiger partial charge in [-0.2, -0.15) is 0 Å². The van der Waals surface area contributed by atoms with Gasteiger partial charge < -0.3 is 51.0 Å². The molecular weight excluding hydrogens is 884 g/mol. The largest absolute Gasteiger partial charge is 0.458 e. The van der Waals surface area contributed by atoms with Gasteiger partial charge in [0.2, 0.25) is 35.4 Å². The Morgan fingerprint density at radius 3 is 2.37 bits per heavy atom. The van der Waals surface area contributed by atoms with E-state index in [1.807, 2.05) is 6.92 Å². The molecule has 7 N–H and O–H groups in total. The van der Waals surface area contributed by atoms with Crippen LogP contribution in [0.3, 0.4) is 0 Å². The number of carbonyl (C=O) groups is 7. The molecule has 2 aromatic carbocycles. The monoisotopic (exact) mass is 938 g/mol. The summed E-state index contributed by atoms with van der Waals surface area (Å²) in [6, 6.07) is 9.98. The van der Waals surface area contributed by atoms with Gasteiger partial charge in [0.1, 0.15) is 31.3 Å². The summed E-state index contributed by atoms with van der Waals surface area (Å²) in [6.07, 6.45) is 1.50. The zero-order chi connectivity index (χ0) is 48.9. The minimum atomic E-state index is -2.04. The number of hydrogen-bond acceptors (Lipinski definition) is 12. The molecule has 7 rings (SSSR count). The van der Waals surface area contributed by atoms with Crippen molar-refractivity contribution in [3.8, 4) is 11.4 Å². The summed E-state index contributed by atoms with van der Waals surface area (Å²) in [6.45, 7) is 4.78. The van der Waals surface area contributed by atoms with Gasteiger partial charge in [0.15, 0.2) is 5.60 Å². The molecule has 4 atom stereocenters. The van der Waals surface area contributed by atoms with Gasteiger partial charge in [0, 0.05) is 35.4 Å². The van der Waals surface area contributed by atoms with Crippen LogP contribution < -0.4 is 37.5 Å². The van der Waals surface area contributed by atoms with Crippen LogP contribution in [0.1, 0.15) is 97.9 Å². The molecule has 0 saturated carbocycles. The topological polar surface area (TPSA) is 265 Å². The number of aliphatic hydroxyl groups is 1. The van der Waals surface area contributed by atoms with Crippen molar-refractivity contribution in [3.05, 3.63) is 97.6 Å². The van der Waals surface area contributed by atoms with Crippen LogP contribution >= 0.6 is 0 Å². The number of ether oxygens (including phenoxy) is 2. The zero-order valence-corrected chi connectivity index (χ0v) is 38.3. The van der Waals surface area contributed by atoms with Crippen LogP contribution in [-0.4, -0.2) is 94.6 Å². The number of nitrogens with zero attached hydrogens (tertiary/aromatic N) is 2. The van der Waals surface area contributed by atoms with E-state index in [-0.39, 0.29) is 56.0 Å². The molecule has 0 unspecified atom stereocenters. The Balaban J connectivity index is 0.968. The minimum absolute atomic E-state index is 0.0426. The molecule has 360 valence electrons. The van der Waals surface area contributed by atoms with Crippen LogP contribution in [0.2, 0.25) is 0 Å². The van der Waals surface area contributed by atoms with E-state index in [0.717, 1.165) is 17.5 Å². The van der Waals surface area contributed by atoms with Crippen molar-refractivity contribution in [2.24, 2.45) is 0 Å². The van der Waals surface area contributed by atoms with E-state index in [0.29, 0.717) is 58.2 Å². The Labute approximate surface area is 390 Å². The van der Waals surface area contributed by atoms with E-state index < -0.39 is 90.5 Å². The Bertz CT molecular complexity index is 2750. The standard InChI is InChI=1S/C48H55FN8O11/c1-5-7-13-37(58)50-19-38(59)51-21-40(61)54-35(16-27-11-9-8-10-12-27)45(63)52-20-39(60)53-24-68-26(4)44(62)56-33-15-14-28-25(3)32(49)18-34-41(28)42(33)29-22-57-36(43(29)55-34)17-31-30(46(57)64)23-67-47(65)48(31,66)6-2/h8-12,17-18,26,33,35,66H,5-7,13-16,19-24H2,1-4H3,(H,50,58)(H,51,59)(H,52,63)(H,53,60)(H,54,61)(H,56,62)/t26-,33-,35-,48-/m0/s1. The number of aromatic nitrogens is 2. The molecular formula is C48H55FN8O11. The third kappa shape index (κ3) is 10.2. The number of hydrogen-bond donors (Lipinski definition) is 7. The van der Waals surface area contributed by atoms with Crippen molar-refractivity contribution >= 4 is 52.3 Å². The lowest BCUT2D eigenvalue weighted by atomic mass is 9.81. The highest BCUT2D eigenvalue weighted by atomic mass is 19.1. The molecule has 0 radical (unpaired) electrons. The Kier molecular flexibility index (Phi) is 15.0. The quantitative estimate of drug-likeness (QED) is 0.0458. The molecule has 6 amide bonds. The predicted octanol–water partition coefficient (Wildman–Crippen LogP) is 1.38. The molecule has 1 aliphatic carbocycles. The van der Waals surface area contributed by atoms with E-state index in [1.54, 1.807) is 50.2 Å². The zero-order valence-electron chi connectivity index (χ0n) is 38.3. The first-order valence-corrected chi connectivity index (χ1v) is 22.7. The minimum Gasteiger partial charge on any atom is -0.458 e. The van der Waals surface area contributed by atoms with Crippen molar-refractivity contribution in [3.63, 3.8) is 0 Å². The average Bonchev–Trinajstić information content (AvgIpc) is 3.70. The van der Waals surface area contributed by atoms with E-state index in [9.17, 15) is 43.5 Å². The lowest BCUT2D eigenvalue weighted by Gasteiger charge is -2.31. The number of aryl methyl sites for hydroxylation is 1. The molecule has 0 saturated heterocycles. The van der Waals surface area contributed by atoms with Crippen molar-refractivity contribution in [2.45, 2.75) is 110 Å². The highest BCUT2D eigenvalue weighted by Gasteiger charge is 2.46. The molecule has 4 aromatic rings. The molecule has 68 heavy (non-hydrogen) atoms. The summed E-state index contributed by atoms with van der Waals surface area (Å²) in [5, 5.41) is 27.5. The Morgan fingerprint density at radius 1 is 0.926 bits per heavy atom. The average molecular weight is 939 g/mol. The van der Waals surface area contributed by atoms with E-state index in [1.165, 1.54) is 17.6 Å². The summed E-state index contributed by atoms with van der Waals surface area (Å²) in [5.41, 5.74) is 1.96. The van der Waals surface area contributed by atoms with Crippen LogP contribution in [0.15, 0.2) is 47.3 Å². The number of fused-ring (bicyclic) bond motifs is 5.